The Balaban J connectivity index is 4.36. The van der Waals surface area contributed by atoms with Crippen LogP contribution in [0.5, 0.6) is 0 Å². The smallest absolute Gasteiger partial charge is 0.155 e. The summed E-state index contributed by atoms with van der Waals surface area (Å²) in [6.07, 6.45) is 0.319. The minimum absolute atomic E-state index is 0.0292. The largest absolute Gasteiger partial charge is 0.228 e. The molecule has 0 aliphatic carbocycles. The molecule has 1 atom stereocenters. The molecule has 0 aromatic heterocycles. The predicted molar refractivity (Wildman–Crippen MR) is 58.0 cm³/mol. The number of rotatable bonds is 4. The average molecular weight is 238 g/mol. The molecule has 0 bridgehead atoms. The summed E-state index contributed by atoms with van der Waals surface area (Å²) in [5, 5.41) is 8.60. The van der Waals surface area contributed by atoms with E-state index in [-0.39, 0.29) is 17.6 Å². The van der Waals surface area contributed by atoms with Gasteiger partial charge in [0, 0.05) is 5.88 Å². The number of sulfone groups is 1. The molecule has 82 valence electrons. The summed E-state index contributed by atoms with van der Waals surface area (Å²) in [5.74, 6) is -0.147. The molecule has 0 saturated heterocycles. The highest BCUT2D eigenvalue weighted by Crippen LogP contribution is 2.18. The van der Waals surface area contributed by atoms with Crippen molar-refractivity contribution in [2.45, 2.75) is 31.9 Å². The third kappa shape index (κ3) is 3.85. The van der Waals surface area contributed by atoms with Gasteiger partial charge in [0.25, 0.3) is 0 Å². The van der Waals surface area contributed by atoms with Crippen LogP contribution in [0.25, 0.3) is 0 Å². The number of hydrogen-bond donors (Lipinski definition) is 0. The van der Waals surface area contributed by atoms with Gasteiger partial charge in [0.15, 0.2) is 9.84 Å². The Labute approximate surface area is 91.0 Å². The summed E-state index contributed by atoms with van der Waals surface area (Å²) in [6.45, 7) is 4.97. The number of hydrogen-bond acceptors (Lipinski definition) is 3. The van der Waals surface area contributed by atoms with E-state index in [4.69, 9.17) is 16.9 Å². The Hall–Kier alpha value is -0.270. The van der Waals surface area contributed by atoms with Gasteiger partial charge in [-0.1, -0.05) is 0 Å². The molecule has 0 aromatic carbocycles. The van der Waals surface area contributed by atoms with E-state index in [0.29, 0.717) is 6.42 Å². The van der Waals surface area contributed by atoms with Crippen LogP contribution in [0.4, 0.5) is 0 Å². The lowest BCUT2D eigenvalue weighted by Gasteiger charge is -2.19. The lowest BCUT2D eigenvalue weighted by atomic mass is 10.1. The van der Waals surface area contributed by atoms with Crippen molar-refractivity contribution in [3.8, 4) is 6.07 Å². The number of nitrogens with zero attached hydrogens (tertiary/aromatic N) is 1. The maximum Gasteiger partial charge on any atom is 0.155 e. The van der Waals surface area contributed by atoms with Gasteiger partial charge in [-0.05, 0) is 27.2 Å². The molecule has 0 spiro atoms. The summed E-state index contributed by atoms with van der Waals surface area (Å²) < 4.78 is 22.5. The third-order valence-electron chi connectivity index (χ3n) is 2.04. The first kappa shape index (κ1) is 13.7. The minimum Gasteiger partial charge on any atom is -0.228 e. The molecule has 0 aliphatic heterocycles. The highest BCUT2D eigenvalue weighted by atomic mass is 35.5. The third-order valence-corrected chi connectivity index (χ3v) is 5.05. The predicted octanol–water partition coefficient (Wildman–Crippen LogP) is 1.97. The van der Waals surface area contributed by atoms with E-state index >= 15 is 0 Å². The van der Waals surface area contributed by atoms with E-state index in [9.17, 15) is 8.42 Å². The van der Waals surface area contributed by atoms with Crippen molar-refractivity contribution in [2.24, 2.45) is 5.92 Å². The van der Waals surface area contributed by atoms with E-state index < -0.39 is 14.6 Å². The first-order chi connectivity index (χ1) is 6.24. The van der Waals surface area contributed by atoms with Crippen LogP contribution in [-0.2, 0) is 9.84 Å². The maximum atomic E-state index is 11.6. The van der Waals surface area contributed by atoms with Crippen LogP contribution in [0.2, 0.25) is 0 Å². The van der Waals surface area contributed by atoms with E-state index in [1.165, 1.54) is 0 Å². The number of nitriles is 1. The summed E-state index contributed by atoms with van der Waals surface area (Å²) in [5.41, 5.74) is 0. The van der Waals surface area contributed by atoms with Crippen molar-refractivity contribution in [2.75, 3.05) is 11.6 Å². The van der Waals surface area contributed by atoms with Gasteiger partial charge in [-0.3, -0.25) is 0 Å². The molecule has 0 amide bonds. The van der Waals surface area contributed by atoms with Gasteiger partial charge in [-0.2, -0.15) is 5.26 Å². The van der Waals surface area contributed by atoms with Crippen molar-refractivity contribution < 1.29 is 8.42 Å². The lowest BCUT2D eigenvalue weighted by molar-refractivity contribution is 0.552. The van der Waals surface area contributed by atoms with Crippen molar-refractivity contribution in [3.63, 3.8) is 0 Å². The van der Waals surface area contributed by atoms with Crippen LogP contribution >= 0.6 is 11.6 Å². The van der Waals surface area contributed by atoms with Crippen LogP contribution in [0, 0.1) is 17.2 Å². The molecule has 0 heterocycles. The topological polar surface area (TPSA) is 57.9 Å². The summed E-state index contributed by atoms with van der Waals surface area (Å²) in [6, 6.07) is 1.98. The lowest BCUT2D eigenvalue weighted by Crippen LogP contribution is -2.31. The molecule has 0 aliphatic rings. The molecule has 0 aromatic rings. The van der Waals surface area contributed by atoms with E-state index in [1.807, 2.05) is 6.07 Å². The average Bonchev–Trinajstić information content (AvgIpc) is 2.04. The second-order valence-electron chi connectivity index (χ2n) is 4.20. The van der Waals surface area contributed by atoms with Gasteiger partial charge in [-0.25, -0.2) is 8.42 Å². The molecule has 0 fully saturated rings. The summed E-state index contributed by atoms with van der Waals surface area (Å²) in [4.78, 5) is 0. The molecule has 0 rings (SSSR count). The van der Waals surface area contributed by atoms with Gasteiger partial charge in [-0.15, -0.1) is 11.6 Å². The Morgan fingerprint density at radius 1 is 1.43 bits per heavy atom. The zero-order valence-corrected chi connectivity index (χ0v) is 10.3. The van der Waals surface area contributed by atoms with Crippen LogP contribution in [0.3, 0.4) is 0 Å². The van der Waals surface area contributed by atoms with Crippen molar-refractivity contribution in [1.29, 1.82) is 5.26 Å². The zero-order valence-electron chi connectivity index (χ0n) is 8.75. The molecule has 5 heteroatoms. The van der Waals surface area contributed by atoms with E-state index in [1.54, 1.807) is 20.8 Å². The standard InChI is InChI=1S/C9H16ClNO2S/c1-9(2,3)14(12,13)5-4-8(6-10)7-11/h8H,4-6H2,1-3H3. The number of alkyl halides is 1. The molecular formula is C9H16ClNO2S. The molecule has 1 unspecified atom stereocenters. The summed E-state index contributed by atoms with van der Waals surface area (Å²) >= 11 is 5.49. The quantitative estimate of drug-likeness (QED) is 0.703. The minimum atomic E-state index is -3.12. The first-order valence-electron chi connectivity index (χ1n) is 4.42. The van der Waals surface area contributed by atoms with Crippen LogP contribution in [0.1, 0.15) is 27.2 Å². The van der Waals surface area contributed by atoms with Crippen molar-refractivity contribution in [1.82, 2.24) is 0 Å². The van der Waals surface area contributed by atoms with E-state index in [2.05, 4.69) is 0 Å². The monoisotopic (exact) mass is 237 g/mol. The fraction of sp³-hybridized carbons (Fsp3) is 0.889. The first-order valence-corrected chi connectivity index (χ1v) is 6.61. The molecule has 3 nitrogen and oxygen atoms in total. The second-order valence-corrected chi connectivity index (χ2v) is 7.37. The molecule has 0 radical (unpaired) electrons. The molecule has 0 saturated carbocycles. The maximum absolute atomic E-state index is 11.6. The normalized spacial score (nSPS) is 14.8. The SMILES string of the molecule is CC(C)(C)S(=O)(=O)CCC(C#N)CCl. The zero-order chi connectivity index (χ0) is 11.4. The Kier molecular flexibility index (Phi) is 4.90. The Morgan fingerprint density at radius 2 is 1.93 bits per heavy atom. The summed E-state index contributed by atoms with van der Waals surface area (Å²) in [7, 11) is -3.12. The Morgan fingerprint density at radius 3 is 2.21 bits per heavy atom. The molecule has 0 N–H and O–H groups in total. The highest BCUT2D eigenvalue weighted by Gasteiger charge is 2.29. The molecular weight excluding hydrogens is 222 g/mol. The van der Waals surface area contributed by atoms with Crippen molar-refractivity contribution in [3.05, 3.63) is 0 Å². The van der Waals surface area contributed by atoms with Crippen LogP contribution < -0.4 is 0 Å². The van der Waals surface area contributed by atoms with Gasteiger partial charge in [0.2, 0.25) is 0 Å². The van der Waals surface area contributed by atoms with E-state index in [0.717, 1.165) is 0 Å². The Bertz CT molecular complexity index is 311. The van der Waals surface area contributed by atoms with Crippen molar-refractivity contribution >= 4 is 21.4 Å². The van der Waals surface area contributed by atoms with Gasteiger partial charge in [0.05, 0.1) is 22.5 Å². The highest BCUT2D eigenvalue weighted by molar-refractivity contribution is 7.92. The second kappa shape index (κ2) is 4.99. The van der Waals surface area contributed by atoms with Gasteiger partial charge in [0.1, 0.15) is 0 Å². The van der Waals surface area contributed by atoms with Crippen LogP contribution in [-0.4, -0.2) is 24.8 Å². The fourth-order valence-corrected chi connectivity index (χ4v) is 2.21. The van der Waals surface area contributed by atoms with Gasteiger partial charge >= 0.3 is 0 Å². The molecule has 14 heavy (non-hydrogen) atoms. The fourth-order valence-electron chi connectivity index (χ4n) is 0.780. The van der Waals surface area contributed by atoms with Gasteiger partial charge < -0.3 is 0 Å². The number of halogens is 1. The van der Waals surface area contributed by atoms with Crippen LogP contribution in [0.15, 0.2) is 0 Å².